The van der Waals surface area contributed by atoms with Gasteiger partial charge >= 0.3 is 0 Å². The van der Waals surface area contributed by atoms with Gasteiger partial charge in [0.05, 0.1) is 5.25 Å². The minimum Gasteiger partial charge on any atom is -0.485 e. The highest BCUT2D eigenvalue weighted by molar-refractivity contribution is 8.00. The molecule has 3 N–H and O–H groups in total. The highest BCUT2D eigenvalue weighted by atomic mass is 32.2. The van der Waals surface area contributed by atoms with Crippen molar-refractivity contribution in [2.45, 2.75) is 44.7 Å². The number of thioether (sulfide) groups is 1. The van der Waals surface area contributed by atoms with E-state index in [1.54, 1.807) is 6.92 Å². The molecule has 1 atom stereocenters. The monoisotopic (exact) mass is 411 g/mol. The molecular weight excluding hydrogens is 386 g/mol. The average molecular weight is 412 g/mol. The zero-order chi connectivity index (χ0) is 21.0. The Bertz CT molecular complexity index is 1020. The Morgan fingerprint density at radius 1 is 1.17 bits per heavy atom. The van der Waals surface area contributed by atoms with E-state index in [9.17, 15) is 4.79 Å². The van der Waals surface area contributed by atoms with E-state index in [1.807, 2.05) is 57.2 Å². The van der Waals surface area contributed by atoms with Gasteiger partial charge in [0.2, 0.25) is 11.1 Å². The maximum Gasteiger partial charge on any atom is 0.237 e. The quantitative estimate of drug-likeness (QED) is 0.455. The van der Waals surface area contributed by atoms with Crippen LogP contribution in [0.15, 0.2) is 47.6 Å². The lowest BCUT2D eigenvalue weighted by Crippen LogP contribution is -2.24. The van der Waals surface area contributed by atoms with Crippen LogP contribution in [-0.2, 0) is 11.4 Å². The van der Waals surface area contributed by atoms with E-state index < -0.39 is 5.25 Å². The number of hydrogen-bond acceptors (Lipinski definition) is 6. The molecule has 29 heavy (non-hydrogen) atoms. The number of rotatable bonds is 7. The molecule has 0 radical (unpaired) electrons. The van der Waals surface area contributed by atoms with Gasteiger partial charge in [-0.05, 0) is 57.0 Å². The lowest BCUT2D eigenvalue weighted by atomic mass is 10.1. The van der Waals surface area contributed by atoms with Crippen molar-refractivity contribution in [1.29, 1.82) is 0 Å². The molecule has 2 aromatic carbocycles. The Kier molecular flexibility index (Phi) is 6.43. The number of aryl methyl sites for hydroxylation is 3. The van der Waals surface area contributed by atoms with Gasteiger partial charge in [-0.3, -0.25) is 4.79 Å². The summed E-state index contributed by atoms with van der Waals surface area (Å²) < 4.78 is 7.19. The van der Waals surface area contributed by atoms with Crippen molar-refractivity contribution in [2.75, 3.05) is 11.2 Å². The van der Waals surface area contributed by atoms with Crippen LogP contribution in [0.5, 0.6) is 5.75 Å². The number of nitrogen functional groups attached to an aromatic ring is 1. The van der Waals surface area contributed by atoms with Crippen molar-refractivity contribution in [1.82, 2.24) is 14.9 Å². The highest BCUT2D eigenvalue weighted by Crippen LogP contribution is 2.24. The fraction of sp³-hybridized carbons (Fsp3) is 0.286. The van der Waals surface area contributed by atoms with Gasteiger partial charge in [0, 0.05) is 5.69 Å². The average Bonchev–Trinajstić information content (AvgIpc) is 3.01. The number of nitrogens with one attached hydrogen (secondary N) is 1. The maximum absolute atomic E-state index is 12.5. The zero-order valence-electron chi connectivity index (χ0n) is 17.0. The summed E-state index contributed by atoms with van der Waals surface area (Å²) >= 11 is 1.25. The van der Waals surface area contributed by atoms with Crippen molar-refractivity contribution < 1.29 is 9.53 Å². The third-order valence-corrected chi connectivity index (χ3v) is 5.42. The van der Waals surface area contributed by atoms with Crippen molar-refractivity contribution in [3.05, 3.63) is 65.0 Å². The Labute approximate surface area is 174 Å². The van der Waals surface area contributed by atoms with Crippen LogP contribution in [0.1, 0.15) is 29.4 Å². The minimum atomic E-state index is -0.393. The van der Waals surface area contributed by atoms with Crippen molar-refractivity contribution in [2.24, 2.45) is 0 Å². The zero-order valence-corrected chi connectivity index (χ0v) is 17.8. The first-order valence-electron chi connectivity index (χ1n) is 9.27. The predicted octanol–water partition coefficient (Wildman–Crippen LogP) is 3.62. The van der Waals surface area contributed by atoms with Crippen molar-refractivity contribution >= 4 is 23.4 Å². The van der Waals surface area contributed by atoms with E-state index in [2.05, 4.69) is 21.6 Å². The van der Waals surface area contributed by atoms with Gasteiger partial charge in [-0.15, -0.1) is 10.2 Å². The third kappa shape index (κ3) is 5.29. The molecule has 0 saturated carbocycles. The summed E-state index contributed by atoms with van der Waals surface area (Å²) in [6.45, 7) is 8.00. The number of carbonyl (C=O) groups excluding carboxylic acids is 1. The van der Waals surface area contributed by atoms with E-state index in [0.29, 0.717) is 11.0 Å². The SMILES string of the molecule is Cc1cccc(NC(=O)[C@@H](C)Sc2nnc(COc3ccc(C)cc3C)n2N)c1. The third-order valence-electron chi connectivity index (χ3n) is 4.36. The second-order valence-electron chi connectivity index (χ2n) is 6.95. The number of anilines is 1. The first-order valence-corrected chi connectivity index (χ1v) is 10.1. The van der Waals surface area contributed by atoms with Crippen LogP contribution in [-0.4, -0.2) is 26.0 Å². The second-order valence-corrected chi connectivity index (χ2v) is 8.25. The van der Waals surface area contributed by atoms with Gasteiger partial charge < -0.3 is 15.9 Å². The van der Waals surface area contributed by atoms with E-state index in [1.165, 1.54) is 22.0 Å². The number of aromatic nitrogens is 3. The molecular formula is C21H25N5O2S. The van der Waals surface area contributed by atoms with Crippen LogP contribution < -0.4 is 15.9 Å². The summed E-state index contributed by atoms with van der Waals surface area (Å²) in [6, 6.07) is 13.6. The van der Waals surface area contributed by atoms with Crippen LogP contribution in [0.4, 0.5) is 5.69 Å². The Balaban J connectivity index is 1.60. The maximum atomic E-state index is 12.5. The van der Waals surface area contributed by atoms with E-state index >= 15 is 0 Å². The van der Waals surface area contributed by atoms with Crippen LogP contribution in [0.2, 0.25) is 0 Å². The Morgan fingerprint density at radius 2 is 1.93 bits per heavy atom. The molecule has 0 fully saturated rings. The fourth-order valence-corrected chi connectivity index (χ4v) is 3.56. The van der Waals surface area contributed by atoms with Crippen molar-refractivity contribution in [3.63, 3.8) is 0 Å². The number of nitrogens with two attached hydrogens (primary N) is 1. The molecule has 0 aliphatic carbocycles. The first kappa shape index (κ1) is 20.7. The molecule has 1 aromatic heterocycles. The van der Waals surface area contributed by atoms with Gasteiger partial charge in [-0.1, -0.05) is 41.6 Å². The predicted molar refractivity (Wildman–Crippen MR) is 116 cm³/mol. The van der Waals surface area contributed by atoms with Crippen LogP contribution in [0.3, 0.4) is 0 Å². The van der Waals surface area contributed by atoms with E-state index in [4.69, 9.17) is 10.6 Å². The number of benzene rings is 2. The van der Waals surface area contributed by atoms with Crippen LogP contribution in [0.25, 0.3) is 0 Å². The topological polar surface area (TPSA) is 95.1 Å². The molecule has 3 rings (SSSR count). The van der Waals surface area contributed by atoms with Crippen molar-refractivity contribution in [3.8, 4) is 5.75 Å². The second kappa shape index (κ2) is 9.00. The summed E-state index contributed by atoms with van der Waals surface area (Å²) in [4.78, 5) is 12.5. The molecule has 1 heterocycles. The Morgan fingerprint density at radius 3 is 2.66 bits per heavy atom. The first-order chi connectivity index (χ1) is 13.8. The lowest BCUT2D eigenvalue weighted by molar-refractivity contribution is -0.115. The van der Waals surface area contributed by atoms with Crippen LogP contribution in [0, 0.1) is 20.8 Å². The van der Waals surface area contributed by atoms with Gasteiger partial charge in [-0.2, -0.15) is 0 Å². The number of hydrogen-bond donors (Lipinski definition) is 2. The summed E-state index contributed by atoms with van der Waals surface area (Å²) in [5.74, 6) is 7.24. The molecule has 1 amide bonds. The summed E-state index contributed by atoms with van der Waals surface area (Å²) in [5, 5.41) is 11.2. The lowest BCUT2D eigenvalue weighted by Gasteiger charge is -2.12. The highest BCUT2D eigenvalue weighted by Gasteiger charge is 2.20. The standard InChI is InChI=1S/C21H25N5O2S/c1-13-6-5-7-17(11-13)23-20(27)16(4)29-21-25-24-19(26(21)22)12-28-18-9-8-14(2)10-15(18)3/h5-11,16H,12,22H2,1-4H3,(H,23,27)/t16-/m1/s1. The summed E-state index contributed by atoms with van der Waals surface area (Å²) in [7, 11) is 0. The summed E-state index contributed by atoms with van der Waals surface area (Å²) in [5.41, 5.74) is 4.06. The molecule has 0 unspecified atom stereocenters. The molecule has 0 saturated heterocycles. The normalized spacial score (nSPS) is 11.9. The van der Waals surface area contributed by atoms with Gasteiger partial charge in [0.25, 0.3) is 0 Å². The molecule has 7 nitrogen and oxygen atoms in total. The molecule has 0 aliphatic heterocycles. The largest absolute Gasteiger partial charge is 0.485 e. The van der Waals surface area contributed by atoms with Gasteiger partial charge in [0.15, 0.2) is 5.82 Å². The number of nitrogens with zero attached hydrogens (tertiary/aromatic N) is 3. The molecule has 8 heteroatoms. The molecule has 0 bridgehead atoms. The minimum absolute atomic E-state index is 0.128. The number of ether oxygens (including phenoxy) is 1. The van der Waals surface area contributed by atoms with E-state index in [0.717, 1.165) is 22.6 Å². The van der Waals surface area contributed by atoms with Gasteiger partial charge in [-0.25, -0.2) is 4.68 Å². The summed E-state index contributed by atoms with van der Waals surface area (Å²) in [6.07, 6.45) is 0. The number of amides is 1. The van der Waals surface area contributed by atoms with Crippen LogP contribution >= 0.6 is 11.8 Å². The number of carbonyl (C=O) groups is 1. The Hall–Kier alpha value is -3.00. The van der Waals surface area contributed by atoms with E-state index in [-0.39, 0.29) is 12.5 Å². The molecule has 3 aromatic rings. The molecule has 0 aliphatic rings. The van der Waals surface area contributed by atoms with Gasteiger partial charge in [0.1, 0.15) is 12.4 Å². The molecule has 0 spiro atoms. The smallest absolute Gasteiger partial charge is 0.237 e. The molecule has 152 valence electrons. The fourth-order valence-electron chi connectivity index (χ4n) is 2.77.